The molecule has 0 bridgehead atoms. The minimum absolute atomic E-state index is 0.664. The Labute approximate surface area is 110 Å². The molecule has 0 aliphatic heterocycles. The Balaban J connectivity index is 2.15. The lowest BCUT2D eigenvalue weighted by molar-refractivity contribution is 0.501. The second-order valence-electron chi connectivity index (χ2n) is 3.35. The molecule has 0 radical (unpaired) electrons. The topological polar surface area (TPSA) is 37.8 Å². The van der Waals surface area contributed by atoms with Crippen molar-refractivity contribution in [1.29, 1.82) is 0 Å². The molecule has 92 valence electrons. The molecule has 1 rings (SSSR count). The van der Waals surface area contributed by atoms with E-state index in [9.17, 15) is 0 Å². The number of hydrogen-bond donors (Lipinski definition) is 1. The van der Waals surface area contributed by atoms with Gasteiger partial charge in [-0.1, -0.05) is 48.7 Å². The third-order valence-corrected chi connectivity index (χ3v) is 5.34. The summed E-state index contributed by atoms with van der Waals surface area (Å²) in [7, 11) is 0. The molecule has 1 aromatic heterocycles. The van der Waals surface area contributed by atoms with Gasteiger partial charge in [0.1, 0.15) is 0 Å². The quantitative estimate of drug-likeness (QED) is 0.584. The minimum atomic E-state index is 0.664. The normalized spacial score (nSPS) is 11.2. The number of aromatic nitrogens is 2. The summed E-state index contributed by atoms with van der Waals surface area (Å²) in [6, 6.07) is 0.664. The first-order valence-electron chi connectivity index (χ1n) is 5.53. The molecule has 0 fully saturated rings. The molecule has 0 unspecified atom stereocenters. The van der Waals surface area contributed by atoms with Gasteiger partial charge >= 0.3 is 0 Å². The maximum atomic E-state index is 4.13. The van der Waals surface area contributed by atoms with Gasteiger partial charge in [-0.05, 0) is 19.1 Å². The van der Waals surface area contributed by atoms with Crippen molar-refractivity contribution in [3.05, 3.63) is 0 Å². The van der Waals surface area contributed by atoms with Crippen LogP contribution in [0.1, 0.15) is 26.7 Å². The van der Waals surface area contributed by atoms with E-state index in [1.165, 1.54) is 12.8 Å². The molecular weight excluding hydrogens is 258 g/mol. The summed E-state index contributed by atoms with van der Waals surface area (Å²) >= 11 is 5.12. The van der Waals surface area contributed by atoms with Crippen LogP contribution in [-0.2, 0) is 0 Å². The second kappa shape index (κ2) is 8.33. The fraction of sp³-hybridized carbons (Fsp3) is 0.800. The highest BCUT2D eigenvalue weighted by atomic mass is 32.2. The number of nitrogens with one attached hydrogen (secondary N) is 1. The summed E-state index contributed by atoms with van der Waals surface area (Å²) in [5.74, 6) is 1.07. The van der Waals surface area contributed by atoms with Gasteiger partial charge in [0, 0.05) is 18.3 Å². The highest BCUT2D eigenvalue weighted by Crippen LogP contribution is 2.26. The lowest BCUT2D eigenvalue weighted by atomic mass is 10.2. The van der Waals surface area contributed by atoms with E-state index in [1.807, 2.05) is 6.26 Å². The lowest BCUT2D eigenvalue weighted by Gasteiger charge is -2.13. The summed E-state index contributed by atoms with van der Waals surface area (Å²) in [4.78, 5) is 0. The zero-order valence-corrected chi connectivity index (χ0v) is 12.5. The summed E-state index contributed by atoms with van der Waals surface area (Å²) in [5.41, 5.74) is 0. The van der Waals surface area contributed by atoms with E-state index in [2.05, 4.69) is 29.4 Å². The molecule has 0 aliphatic carbocycles. The molecule has 0 aliphatic rings. The van der Waals surface area contributed by atoms with Gasteiger partial charge in [0.2, 0.25) is 0 Å². The summed E-state index contributed by atoms with van der Waals surface area (Å²) < 4.78 is 2.13. The summed E-state index contributed by atoms with van der Waals surface area (Å²) in [5, 5.41) is 11.7. The van der Waals surface area contributed by atoms with Crippen LogP contribution >= 0.6 is 34.9 Å². The summed E-state index contributed by atoms with van der Waals surface area (Å²) in [6.45, 7) is 5.50. The van der Waals surface area contributed by atoms with Crippen LogP contribution in [0.25, 0.3) is 0 Å². The highest BCUT2D eigenvalue weighted by Gasteiger charge is 2.04. The molecule has 3 nitrogen and oxygen atoms in total. The van der Waals surface area contributed by atoms with Crippen LogP contribution in [0.2, 0.25) is 0 Å². The molecule has 1 N–H and O–H groups in total. The van der Waals surface area contributed by atoms with E-state index >= 15 is 0 Å². The van der Waals surface area contributed by atoms with Crippen molar-refractivity contribution in [3.63, 3.8) is 0 Å². The van der Waals surface area contributed by atoms with Gasteiger partial charge in [-0.25, -0.2) is 0 Å². The third kappa shape index (κ3) is 5.03. The molecule has 0 atom stereocenters. The van der Waals surface area contributed by atoms with Crippen LogP contribution < -0.4 is 5.32 Å². The average Bonchev–Trinajstić information content (AvgIpc) is 2.77. The lowest BCUT2D eigenvalue weighted by Crippen LogP contribution is -2.29. The minimum Gasteiger partial charge on any atom is -0.313 e. The first-order chi connectivity index (χ1) is 7.80. The number of rotatable bonds is 8. The Bertz CT molecular complexity index is 287. The predicted molar refractivity (Wildman–Crippen MR) is 74.8 cm³/mol. The van der Waals surface area contributed by atoms with Gasteiger partial charge in [-0.15, -0.1) is 10.2 Å². The van der Waals surface area contributed by atoms with E-state index in [-0.39, 0.29) is 0 Å². The molecule has 0 saturated carbocycles. The van der Waals surface area contributed by atoms with Crippen LogP contribution in [0.3, 0.4) is 0 Å². The van der Waals surface area contributed by atoms with Crippen molar-refractivity contribution >= 4 is 34.9 Å². The van der Waals surface area contributed by atoms with Crippen molar-refractivity contribution in [2.24, 2.45) is 0 Å². The maximum absolute atomic E-state index is 4.13. The molecule has 0 amide bonds. The smallest absolute Gasteiger partial charge is 0.175 e. The molecule has 0 saturated heterocycles. The Morgan fingerprint density at radius 1 is 1.25 bits per heavy atom. The Kier molecular flexibility index (Phi) is 7.44. The second-order valence-corrected chi connectivity index (χ2v) is 6.73. The van der Waals surface area contributed by atoms with Crippen LogP contribution in [0, 0.1) is 0 Å². The Hall–Kier alpha value is 0.220. The average molecular weight is 277 g/mol. The van der Waals surface area contributed by atoms with Crippen molar-refractivity contribution in [3.8, 4) is 0 Å². The van der Waals surface area contributed by atoms with Crippen molar-refractivity contribution in [1.82, 2.24) is 15.5 Å². The van der Waals surface area contributed by atoms with Crippen LogP contribution in [0.5, 0.6) is 0 Å². The van der Waals surface area contributed by atoms with Crippen molar-refractivity contribution in [2.45, 2.75) is 41.4 Å². The molecule has 1 heterocycles. The number of nitrogens with zero attached hydrogens (tertiary/aromatic N) is 2. The number of hydrogen-bond acceptors (Lipinski definition) is 6. The molecule has 1 aromatic rings. The summed E-state index contributed by atoms with van der Waals surface area (Å²) in [6.07, 6.45) is 4.44. The zero-order chi connectivity index (χ0) is 11.8. The largest absolute Gasteiger partial charge is 0.313 e. The third-order valence-electron chi connectivity index (χ3n) is 2.31. The monoisotopic (exact) mass is 277 g/mol. The van der Waals surface area contributed by atoms with E-state index in [4.69, 9.17) is 0 Å². The van der Waals surface area contributed by atoms with Crippen LogP contribution in [0.15, 0.2) is 8.68 Å². The number of thioether (sulfide) groups is 2. The van der Waals surface area contributed by atoms with Crippen molar-refractivity contribution < 1.29 is 0 Å². The fourth-order valence-electron chi connectivity index (χ4n) is 1.32. The highest BCUT2D eigenvalue weighted by molar-refractivity contribution is 8.02. The van der Waals surface area contributed by atoms with Crippen molar-refractivity contribution in [2.75, 3.05) is 18.6 Å². The predicted octanol–water partition coefficient (Wildman–Crippen LogP) is 3.13. The van der Waals surface area contributed by atoms with Crippen LogP contribution in [-0.4, -0.2) is 34.8 Å². The van der Waals surface area contributed by atoms with Gasteiger partial charge < -0.3 is 5.32 Å². The molecule has 0 spiro atoms. The fourth-order valence-corrected chi connectivity index (χ4v) is 3.70. The molecule has 6 heteroatoms. The zero-order valence-electron chi connectivity index (χ0n) is 10.0. The van der Waals surface area contributed by atoms with E-state index in [0.29, 0.717) is 6.04 Å². The first kappa shape index (κ1) is 14.3. The van der Waals surface area contributed by atoms with Gasteiger partial charge in [-0.2, -0.15) is 0 Å². The standard InChI is InChI=1S/C10H19N3S3/c1-4-8(5-2)11-6-7-15-10-13-12-9(14-3)16-10/h8,11H,4-7H2,1-3H3. The Morgan fingerprint density at radius 2 is 1.94 bits per heavy atom. The first-order valence-corrected chi connectivity index (χ1v) is 8.56. The van der Waals surface area contributed by atoms with Gasteiger partial charge in [0.05, 0.1) is 0 Å². The van der Waals surface area contributed by atoms with E-state index in [1.54, 1.807) is 34.9 Å². The molecular formula is C10H19N3S3. The Morgan fingerprint density at radius 3 is 2.50 bits per heavy atom. The van der Waals surface area contributed by atoms with E-state index in [0.717, 1.165) is 21.0 Å². The van der Waals surface area contributed by atoms with E-state index < -0.39 is 0 Å². The maximum Gasteiger partial charge on any atom is 0.175 e. The molecule has 0 aromatic carbocycles. The van der Waals surface area contributed by atoms with Crippen LogP contribution in [0.4, 0.5) is 0 Å². The SMILES string of the molecule is CCC(CC)NCCSc1nnc(SC)s1. The molecule has 16 heavy (non-hydrogen) atoms. The van der Waals surface area contributed by atoms with Gasteiger partial charge in [0.15, 0.2) is 8.68 Å². The van der Waals surface area contributed by atoms with Gasteiger partial charge in [0.25, 0.3) is 0 Å². The van der Waals surface area contributed by atoms with Gasteiger partial charge in [-0.3, -0.25) is 0 Å².